The van der Waals surface area contributed by atoms with E-state index in [9.17, 15) is 47.9 Å². The van der Waals surface area contributed by atoms with Crippen molar-refractivity contribution in [2.24, 2.45) is 52.5 Å². The number of unbranched alkanes of at least 4 members (excludes halogenated alkanes) is 8. The first-order valence-corrected chi connectivity index (χ1v) is 43.3. The SMILES string of the molecule is CCCCCCNC(=O)CC(CC(=O)CC(C)C(=O)NCCCCCC)C(=O)CC(CC(=O)CC(CC(=O)NCCN(C)CCN(C)CCN(C)CCN)C(=O)NCCCC)C(=O)NCCN(C)CCN(C)CCN(C)CCN.CCCCNC(=O)C(C)CC(=O)OCc1ccccc1.CN(CCN)CCN(C)CCN(C)CCN. The number of nitrogens with two attached hydrogens (primary N) is 4. The van der Waals surface area contributed by atoms with Crippen LogP contribution in [0.25, 0.3) is 0 Å². The second-order valence-electron chi connectivity index (χ2n) is 31.8. The third-order valence-corrected chi connectivity index (χ3v) is 20.2. The number of benzene rings is 1. The third kappa shape index (κ3) is 64.7. The predicted molar refractivity (Wildman–Crippen MR) is 467 cm³/mol. The van der Waals surface area contributed by atoms with Crippen LogP contribution in [0.3, 0.4) is 0 Å². The Hall–Kier alpha value is -6.00. The monoisotopic (exact) mass is 1630 g/mol. The van der Waals surface area contributed by atoms with Crippen LogP contribution in [0.4, 0.5) is 0 Å². The van der Waals surface area contributed by atoms with E-state index >= 15 is 0 Å². The van der Waals surface area contributed by atoms with Crippen LogP contribution in [-0.4, -0.2) is 350 Å². The maximum absolute atomic E-state index is 14.5. The molecule has 0 spiro atoms. The molecule has 6 amide bonds. The second-order valence-corrected chi connectivity index (χ2v) is 31.8. The van der Waals surface area contributed by atoms with Crippen molar-refractivity contribution in [1.29, 1.82) is 0 Å². The van der Waals surface area contributed by atoms with Gasteiger partial charge in [0.15, 0.2) is 0 Å². The molecule has 0 aliphatic rings. The molecular weight excluding hydrogens is 1460 g/mol. The molecule has 1 rings (SSSR count). The molecule has 115 heavy (non-hydrogen) atoms. The molecule has 5 unspecified atom stereocenters. The van der Waals surface area contributed by atoms with Crippen molar-refractivity contribution in [1.82, 2.24) is 76.0 Å². The molecular formula is C85H167N19O11. The number of carbonyl (C=O) groups excluding carboxylic acids is 10. The standard InChI is InChI=1S/C58H115N13O8.C16H23NO3.C11H29N5/c1-11-14-17-19-24-61-54(75)45-48(41-51(72)40-47(4)56(77)63-25-20-18-15-12-2)53(74)44-49(57(78)65-27-31-69(8)35-39-71(10)37-33-67(6)29-22-60)42-52(73)43-50(58(79)64-23-16-13-3)46-55(76)62-26-30-68(7)34-38-70(9)36-32-66(5)28-21-59;1-3-4-10-17-16(19)13(2)11-15(18)20-12-14-8-6-5-7-9-14;1-14(6-4-12)8-10-16(3)11-9-15(2)7-5-13/h47-50H,11-46,59-60H2,1-10H3,(H,61,75)(H,62,76)(H,63,77)(H,64,79)(H,65,78);5-9,13H,3-4,10-12H2,1-2H3,(H,17,19);4-13H2,1-3H3. The lowest BCUT2D eigenvalue weighted by Gasteiger charge is -2.25. The zero-order chi connectivity index (χ0) is 86.6. The number of likely N-dealkylation sites (N-methyl/N-ethyl adjacent to an activating group) is 9. The minimum atomic E-state index is -1.19. The predicted octanol–water partition coefficient (Wildman–Crippen LogP) is 3.33. The van der Waals surface area contributed by atoms with Gasteiger partial charge in [0.25, 0.3) is 0 Å². The average Bonchev–Trinajstić information content (AvgIpc) is 0.859. The molecule has 0 saturated carbocycles. The first-order chi connectivity index (χ1) is 54.9. The van der Waals surface area contributed by atoms with E-state index in [0.29, 0.717) is 65.3 Å². The second kappa shape index (κ2) is 73.2. The van der Waals surface area contributed by atoms with Crippen LogP contribution in [0, 0.1) is 29.6 Å². The number of ether oxygens (including phenoxy) is 1. The van der Waals surface area contributed by atoms with Gasteiger partial charge in [-0.15, -0.1) is 0 Å². The molecule has 0 bridgehead atoms. The van der Waals surface area contributed by atoms with E-state index in [1.807, 2.05) is 65.4 Å². The fraction of sp³-hybridized carbons (Fsp3) is 0.812. The van der Waals surface area contributed by atoms with Gasteiger partial charge in [0.05, 0.1) is 18.3 Å². The quantitative estimate of drug-likeness (QED) is 0.0330. The van der Waals surface area contributed by atoms with Crippen LogP contribution in [0.1, 0.15) is 176 Å². The fourth-order valence-electron chi connectivity index (χ4n) is 12.0. The highest BCUT2D eigenvalue weighted by Gasteiger charge is 2.34. The number of nitrogens with zero attached hydrogens (tertiary/aromatic N) is 9. The number of amides is 6. The molecule has 14 N–H and O–H groups in total. The molecule has 0 radical (unpaired) electrons. The number of hydrogen-bond donors (Lipinski definition) is 10. The summed E-state index contributed by atoms with van der Waals surface area (Å²) in [6.45, 7) is 32.8. The highest BCUT2D eigenvalue weighted by molar-refractivity contribution is 5.97. The van der Waals surface area contributed by atoms with Gasteiger partial charge in [0.1, 0.15) is 24.0 Å². The molecule has 668 valence electrons. The molecule has 30 heteroatoms. The van der Waals surface area contributed by atoms with E-state index in [-0.39, 0.29) is 87.1 Å². The largest absolute Gasteiger partial charge is 0.461 e. The van der Waals surface area contributed by atoms with Gasteiger partial charge < -0.3 is 104 Å². The van der Waals surface area contributed by atoms with Crippen LogP contribution >= 0.6 is 0 Å². The summed E-state index contributed by atoms with van der Waals surface area (Å²) in [6.07, 6.45) is 9.16. The summed E-state index contributed by atoms with van der Waals surface area (Å²) >= 11 is 0. The van der Waals surface area contributed by atoms with Crippen LogP contribution in [0.5, 0.6) is 0 Å². The van der Waals surface area contributed by atoms with E-state index in [2.05, 4.69) is 132 Å². The van der Waals surface area contributed by atoms with E-state index in [1.54, 1.807) is 13.8 Å². The summed E-state index contributed by atoms with van der Waals surface area (Å²) in [7, 11) is 18.5. The first kappa shape index (κ1) is 111. The summed E-state index contributed by atoms with van der Waals surface area (Å²) in [5.41, 5.74) is 23.3. The van der Waals surface area contributed by atoms with E-state index in [0.717, 1.165) is 194 Å². The highest BCUT2D eigenvalue weighted by Crippen LogP contribution is 2.24. The number of rotatable bonds is 71. The van der Waals surface area contributed by atoms with Gasteiger partial charge in [0.2, 0.25) is 35.4 Å². The van der Waals surface area contributed by atoms with Gasteiger partial charge in [-0.2, -0.15) is 0 Å². The van der Waals surface area contributed by atoms with Gasteiger partial charge in [-0.05, 0) is 94.7 Å². The van der Waals surface area contributed by atoms with Gasteiger partial charge in [-0.25, -0.2) is 0 Å². The summed E-state index contributed by atoms with van der Waals surface area (Å²) in [4.78, 5) is 153. The Kier molecular flexibility index (Phi) is 70.7. The topological polar surface area (TPSA) is 385 Å². The normalized spacial score (nSPS) is 12.8. The summed E-state index contributed by atoms with van der Waals surface area (Å²) < 4.78 is 5.16. The molecule has 1 aromatic carbocycles. The molecule has 0 aliphatic heterocycles. The molecule has 0 heterocycles. The minimum Gasteiger partial charge on any atom is -0.461 e. The molecule has 0 saturated heterocycles. The van der Waals surface area contributed by atoms with Crippen LogP contribution in [-0.2, 0) is 59.3 Å². The first-order valence-electron chi connectivity index (χ1n) is 43.3. The average molecular weight is 1630 g/mol. The lowest BCUT2D eigenvalue weighted by atomic mass is 9.84. The van der Waals surface area contributed by atoms with Crippen LogP contribution in [0.2, 0.25) is 0 Å². The van der Waals surface area contributed by atoms with E-state index in [1.165, 1.54) is 0 Å². The number of hydrogen-bond acceptors (Lipinski definition) is 24. The third-order valence-electron chi connectivity index (χ3n) is 20.2. The van der Waals surface area contributed by atoms with Gasteiger partial charge in [-0.3, -0.25) is 47.9 Å². The molecule has 0 fully saturated rings. The summed E-state index contributed by atoms with van der Waals surface area (Å²) in [6, 6.07) is 9.50. The lowest BCUT2D eigenvalue weighted by Crippen LogP contribution is -2.41. The van der Waals surface area contributed by atoms with Crippen LogP contribution in [0.15, 0.2) is 30.3 Å². The molecule has 5 atom stereocenters. The maximum Gasteiger partial charge on any atom is 0.306 e. The van der Waals surface area contributed by atoms with Gasteiger partial charge in [-0.1, -0.05) is 123 Å². The van der Waals surface area contributed by atoms with Crippen molar-refractivity contribution in [3.63, 3.8) is 0 Å². The molecule has 0 aliphatic carbocycles. The lowest BCUT2D eigenvalue weighted by molar-refractivity contribution is -0.147. The number of nitrogens with one attached hydrogen (secondary N) is 6. The Morgan fingerprint density at radius 3 is 1.00 bits per heavy atom. The molecule has 1 aromatic rings. The smallest absolute Gasteiger partial charge is 0.306 e. The van der Waals surface area contributed by atoms with Gasteiger partial charge >= 0.3 is 5.97 Å². The Bertz CT molecular complexity index is 2680. The number of Topliss-reactive ketones (excluding diaryl/α,β-unsaturated/α-hetero) is 3. The summed E-state index contributed by atoms with van der Waals surface area (Å²) in [5, 5.41) is 17.3. The zero-order valence-corrected chi connectivity index (χ0v) is 74.7. The van der Waals surface area contributed by atoms with E-state index < -0.39 is 65.8 Å². The van der Waals surface area contributed by atoms with Crippen molar-refractivity contribution in [2.75, 3.05) is 247 Å². The number of ketones is 3. The number of carbonyl (C=O) groups is 10. The highest BCUT2D eigenvalue weighted by atomic mass is 16.5. The van der Waals surface area contributed by atoms with Crippen molar-refractivity contribution in [3.8, 4) is 0 Å². The maximum atomic E-state index is 14.5. The van der Waals surface area contributed by atoms with Crippen LogP contribution < -0.4 is 54.8 Å². The van der Waals surface area contributed by atoms with E-state index in [4.69, 9.17) is 27.7 Å². The summed E-state index contributed by atoms with van der Waals surface area (Å²) in [5.74, 6) is -8.13. The van der Waals surface area contributed by atoms with Gasteiger partial charge in [0, 0.05) is 246 Å². The van der Waals surface area contributed by atoms with Crippen molar-refractivity contribution in [2.45, 2.75) is 177 Å². The molecule has 30 nitrogen and oxygen atoms in total. The minimum absolute atomic E-state index is 0.0879. The van der Waals surface area contributed by atoms with Crippen molar-refractivity contribution >= 4 is 58.8 Å². The Labute approximate surface area is 695 Å². The molecule has 0 aromatic heterocycles. The zero-order valence-electron chi connectivity index (χ0n) is 74.7. The number of esters is 1. The van der Waals surface area contributed by atoms with Crippen molar-refractivity contribution < 1.29 is 52.7 Å². The Balaban J connectivity index is 0. The van der Waals surface area contributed by atoms with Crippen molar-refractivity contribution in [3.05, 3.63) is 35.9 Å². The Morgan fingerprint density at radius 1 is 0.313 bits per heavy atom. The fourth-order valence-corrected chi connectivity index (χ4v) is 12.0. The Morgan fingerprint density at radius 2 is 0.609 bits per heavy atom.